The average molecular weight is 485 g/mol. The molecule has 0 fully saturated rings. The van der Waals surface area contributed by atoms with E-state index in [1.54, 1.807) is 38.1 Å². The third-order valence-corrected chi connectivity index (χ3v) is 6.13. The van der Waals surface area contributed by atoms with Gasteiger partial charge in [-0.2, -0.15) is 0 Å². The van der Waals surface area contributed by atoms with Gasteiger partial charge in [0, 0.05) is 12.1 Å². The van der Waals surface area contributed by atoms with Gasteiger partial charge in [0.2, 0.25) is 0 Å². The van der Waals surface area contributed by atoms with Gasteiger partial charge in [-0.1, -0.05) is 35.4 Å². The van der Waals surface area contributed by atoms with Crippen molar-refractivity contribution in [3.8, 4) is 11.5 Å². The highest BCUT2D eigenvalue weighted by molar-refractivity contribution is 5.87. The van der Waals surface area contributed by atoms with E-state index in [2.05, 4.69) is 0 Å². The molecule has 0 aliphatic carbocycles. The monoisotopic (exact) mass is 485 g/mol. The van der Waals surface area contributed by atoms with Gasteiger partial charge in [-0.25, -0.2) is 9.59 Å². The molecule has 0 amide bonds. The first-order valence-electron chi connectivity index (χ1n) is 10.9. The van der Waals surface area contributed by atoms with E-state index in [0.717, 1.165) is 11.1 Å². The normalized spacial score (nSPS) is 11.4. The molecule has 0 bridgehead atoms. The van der Waals surface area contributed by atoms with Crippen LogP contribution in [-0.4, -0.2) is 15.1 Å². The van der Waals surface area contributed by atoms with Crippen LogP contribution in [0.1, 0.15) is 33.7 Å². The number of hydrogen-bond acceptors (Lipinski definition) is 8. The van der Waals surface area contributed by atoms with Gasteiger partial charge < -0.3 is 19.0 Å². The first-order valence-corrected chi connectivity index (χ1v) is 10.9. The molecule has 5 aromatic rings. The fraction of sp³-hybridized carbons (Fsp3) is 0.111. The summed E-state index contributed by atoms with van der Waals surface area (Å²) in [5, 5.41) is 34.4. The first kappa shape index (κ1) is 22.9. The molecule has 0 aliphatic rings. The molecule has 9 nitrogen and oxygen atoms in total. The summed E-state index contributed by atoms with van der Waals surface area (Å²) >= 11 is 0. The third-order valence-electron chi connectivity index (χ3n) is 6.13. The highest BCUT2D eigenvalue weighted by Crippen LogP contribution is 2.42. The van der Waals surface area contributed by atoms with Crippen molar-refractivity contribution in [1.29, 1.82) is 0 Å². The fourth-order valence-electron chi connectivity index (χ4n) is 4.43. The molecule has 9 heteroatoms. The lowest BCUT2D eigenvalue weighted by Gasteiger charge is -2.19. The Balaban J connectivity index is 1.93. The molecule has 2 heterocycles. The third kappa shape index (κ3) is 3.67. The molecule has 0 aliphatic heterocycles. The van der Waals surface area contributed by atoms with Crippen molar-refractivity contribution < 1.29 is 24.0 Å². The highest BCUT2D eigenvalue weighted by atomic mass is 16.6. The lowest BCUT2D eigenvalue weighted by atomic mass is 9.84. The number of hydrogen-bond donors (Lipinski definition) is 2. The van der Waals surface area contributed by atoms with Gasteiger partial charge in [-0.3, -0.25) is 10.1 Å². The summed E-state index contributed by atoms with van der Waals surface area (Å²) < 4.78 is 10.9. The zero-order valence-corrected chi connectivity index (χ0v) is 19.1. The van der Waals surface area contributed by atoms with Crippen molar-refractivity contribution in [2.45, 2.75) is 19.8 Å². The van der Waals surface area contributed by atoms with Crippen LogP contribution in [0.15, 0.2) is 79.1 Å². The second-order valence-electron chi connectivity index (χ2n) is 8.59. The summed E-state index contributed by atoms with van der Waals surface area (Å²) in [5.41, 5.74) is -1.07. The average Bonchev–Trinajstić information content (AvgIpc) is 2.84. The van der Waals surface area contributed by atoms with Crippen LogP contribution in [0.25, 0.3) is 21.9 Å². The second kappa shape index (κ2) is 8.38. The summed E-state index contributed by atoms with van der Waals surface area (Å²) in [5.74, 6) is -2.37. The van der Waals surface area contributed by atoms with Gasteiger partial charge in [-0.05, 0) is 43.7 Å². The summed E-state index contributed by atoms with van der Waals surface area (Å²) in [6, 6.07) is 14.9. The van der Waals surface area contributed by atoms with Gasteiger partial charge >= 0.3 is 11.3 Å². The summed E-state index contributed by atoms with van der Waals surface area (Å²) in [4.78, 5) is 37.3. The molecule has 0 unspecified atom stereocenters. The molecular weight excluding hydrogens is 466 g/mol. The first-order chi connectivity index (χ1) is 17.2. The lowest BCUT2D eigenvalue weighted by Crippen LogP contribution is -2.21. The van der Waals surface area contributed by atoms with Crippen molar-refractivity contribution in [2.24, 2.45) is 0 Å². The maximum Gasteiger partial charge on any atom is 0.344 e. The molecule has 0 atom stereocenters. The predicted octanol–water partition coefficient (Wildman–Crippen LogP) is 5.02. The Hall–Kier alpha value is -4.92. The number of benzene rings is 3. The van der Waals surface area contributed by atoms with Crippen molar-refractivity contribution >= 4 is 27.6 Å². The number of aryl methyl sites for hydroxylation is 2. The van der Waals surface area contributed by atoms with E-state index in [4.69, 9.17) is 8.83 Å². The van der Waals surface area contributed by atoms with Gasteiger partial charge in [0.1, 0.15) is 22.7 Å². The van der Waals surface area contributed by atoms with E-state index in [-0.39, 0.29) is 44.3 Å². The van der Waals surface area contributed by atoms with Crippen molar-refractivity contribution in [3.63, 3.8) is 0 Å². The molecule has 36 heavy (non-hydrogen) atoms. The molecule has 180 valence electrons. The predicted molar refractivity (Wildman–Crippen MR) is 132 cm³/mol. The maximum absolute atomic E-state index is 13.2. The Morgan fingerprint density at radius 1 is 0.778 bits per heavy atom. The summed E-state index contributed by atoms with van der Waals surface area (Å²) in [7, 11) is 0. The zero-order valence-electron chi connectivity index (χ0n) is 19.1. The molecule has 0 radical (unpaired) electrons. The zero-order chi connectivity index (χ0) is 25.7. The van der Waals surface area contributed by atoms with Crippen molar-refractivity contribution in [1.82, 2.24) is 0 Å². The van der Waals surface area contributed by atoms with E-state index in [0.29, 0.717) is 0 Å². The highest BCUT2D eigenvalue weighted by Gasteiger charge is 2.33. The Morgan fingerprint density at radius 3 is 1.75 bits per heavy atom. The summed E-state index contributed by atoms with van der Waals surface area (Å²) in [6.07, 6.45) is 0. The number of aromatic hydroxyl groups is 2. The van der Waals surface area contributed by atoms with Crippen molar-refractivity contribution in [2.75, 3.05) is 0 Å². The van der Waals surface area contributed by atoms with E-state index in [9.17, 15) is 29.9 Å². The van der Waals surface area contributed by atoms with Gasteiger partial charge in [0.25, 0.3) is 5.69 Å². The van der Waals surface area contributed by atoms with Crippen LogP contribution in [0.3, 0.4) is 0 Å². The largest absolute Gasteiger partial charge is 0.507 e. The quantitative estimate of drug-likeness (QED) is 0.205. The lowest BCUT2D eigenvalue weighted by molar-refractivity contribution is -0.384. The second-order valence-corrected chi connectivity index (χ2v) is 8.59. The van der Waals surface area contributed by atoms with Crippen LogP contribution >= 0.6 is 0 Å². The van der Waals surface area contributed by atoms with E-state index >= 15 is 0 Å². The molecule has 0 saturated carbocycles. The van der Waals surface area contributed by atoms with Gasteiger partial charge in [-0.15, -0.1) is 0 Å². The number of nitrogens with zero attached hydrogens (tertiary/aromatic N) is 1. The SMILES string of the molecule is Cc1ccc2oc(=O)c(C(c3cccc([N+](=O)[O-])c3)c3c(O)c4cc(C)ccc4oc3=O)c(O)c2c1. The van der Waals surface area contributed by atoms with Crippen LogP contribution in [0.5, 0.6) is 11.5 Å². The Morgan fingerprint density at radius 2 is 1.28 bits per heavy atom. The molecule has 5 rings (SSSR count). The molecule has 3 aromatic carbocycles. The molecule has 2 aromatic heterocycles. The number of non-ortho nitro benzene ring substituents is 1. The molecule has 0 spiro atoms. The minimum atomic E-state index is -1.44. The van der Waals surface area contributed by atoms with Crippen LogP contribution in [-0.2, 0) is 0 Å². The minimum absolute atomic E-state index is 0.105. The van der Waals surface area contributed by atoms with Crippen LogP contribution in [0.2, 0.25) is 0 Å². The van der Waals surface area contributed by atoms with Gasteiger partial charge in [0.05, 0.1) is 32.7 Å². The van der Waals surface area contributed by atoms with E-state index in [1.165, 1.54) is 36.4 Å². The molecule has 2 N–H and O–H groups in total. The topological polar surface area (TPSA) is 144 Å². The van der Waals surface area contributed by atoms with Crippen LogP contribution in [0.4, 0.5) is 5.69 Å². The van der Waals surface area contributed by atoms with E-state index < -0.39 is 33.6 Å². The maximum atomic E-state index is 13.2. The Labute approximate surface area is 202 Å². The Kier molecular flexibility index (Phi) is 5.32. The fourth-order valence-corrected chi connectivity index (χ4v) is 4.43. The smallest absolute Gasteiger partial charge is 0.344 e. The summed E-state index contributed by atoms with van der Waals surface area (Å²) in [6.45, 7) is 3.57. The Bertz CT molecular complexity index is 1710. The van der Waals surface area contributed by atoms with Crippen molar-refractivity contribution in [3.05, 3.63) is 119 Å². The number of nitro groups is 1. The molecular formula is C27H19NO8. The van der Waals surface area contributed by atoms with Crippen LogP contribution < -0.4 is 11.3 Å². The number of nitro benzene ring substituents is 1. The van der Waals surface area contributed by atoms with Crippen LogP contribution in [0, 0.1) is 24.0 Å². The molecule has 0 saturated heterocycles. The number of rotatable bonds is 4. The number of fused-ring (bicyclic) bond motifs is 2. The van der Waals surface area contributed by atoms with Gasteiger partial charge in [0.15, 0.2) is 0 Å². The standard InChI is InChI=1S/C27H19NO8/c1-13-6-8-19-17(10-13)24(29)22(26(31)35-19)21(15-4-3-5-16(12-15)28(33)34)23-25(30)18-11-14(2)7-9-20(18)36-27(23)32/h3-12,21,29-30H,1-2H3. The van der Waals surface area contributed by atoms with E-state index in [1.807, 2.05) is 0 Å². The minimum Gasteiger partial charge on any atom is -0.507 e.